The maximum atomic E-state index is 15.0. The molecule has 3 aromatic rings. The normalized spacial score (nSPS) is 17.9. The van der Waals surface area contributed by atoms with Crippen molar-refractivity contribution in [2.24, 2.45) is 11.5 Å². The number of hydrogen-bond donors (Lipinski definition) is 3. The lowest BCUT2D eigenvalue weighted by atomic mass is 9.83. The molecule has 5 N–H and O–H groups in total. The molecule has 13 heteroatoms. The highest BCUT2D eigenvalue weighted by atomic mass is 19.4. The number of carbonyl (C=O) groups excluding carboxylic acids is 2. The lowest BCUT2D eigenvalue weighted by Gasteiger charge is -2.33. The van der Waals surface area contributed by atoms with Crippen LogP contribution in [0, 0.1) is 0 Å². The number of alkyl halides is 5. The Kier molecular flexibility index (Phi) is 6.13. The van der Waals surface area contributed by atoms with Gasteiger partial charge in [-0.2, -0.15) is 13.2 Å². The fourth-order valence-electron chi connectivity index (χ4n) is 4.24. The first-order valence-electron chi connectivity index (χ1n) is 10.3. The minimum absolute atomic E-state index is 0.113. The van der Waals surface area contributed by atoms with Crippen LogP contribution in [0.3, 0.4) is 0 Å². The molecule has 3 heterocycles. The molecule has 1 fully saturated rings. The molecule has 186 valence electrons. The van der Waals surface area contributed by atoms with E-state index >= 15 is 8.78 Å². The van der Waals surface area contributed by atoms with Gasteiger partial charge in [-0.05, 0) is 31.2 Å². The van der Waals surface area contributed by atoms with Gasteiger partial charge in [0.15, 0.2) is 5.69 Å². The second-order valence-corrected chi connectivity index (χ2v) is 7.96. The molecule has 0 bridgehead atoms. The fourth-order valence-corrected chi connectivity index (χ4v) is 4.24. The number of nitrogens with zero attached hydrogens (tertiary/aromatic N) is 1. The Morgan fingerprint density at radius 3 is 2.57 bits per heavy atom. The summed E-state index contributed by atoms with van der Waals surface area (Å²) in [7, 11) is 0. The molecule has 35 heavy (non-hydrogen) atoms. The number of ether oxygens (including phenoxy) is 1. The number of halogens is 5. The standard InChI is InChI=1S/C22H19F5N4O4/c23-21(24)9-30-7-5-11(21)14-12(34-8-10-2-1-6-31-18(10)22(25,26)27)3-4-13-15(14)16(19(28)32)17(35-13)20(29)33/h1-4,6,11,30H,5,7-9H2,(H2,28,32)(H2,29,33). The third-order valence-corrected chi connectivity index (χ3v) is 5.70. The van der Waals surface area contributed by atoms with Gasteiger partial charge in [0.2, 0.25) is 5.76 Å². The molecular formula is C22H19F5N4O4. The topological polar surface area (TPSA) is 133 Å². The molecule has 2 aromatic heterocycles. The Labute approximate surface area is 194 Å². The lowest BCUT2D eigenvalue weighted by Crippen LogP contribution is -2.44. The number of benzene rings is 1. The van der Waals surface area contributed by atoms with E-state index in [-0.39, 0.29) is 40.8 Å². The van der Waals surface area contributed by atoms with Gasteiger partial charge in [-0.15, -0.1) is 0 Å². The van der Waals surface area contributed by atoms with Crippen LogP contribution < -0.4 is 21.5 Å². The summed E-state index contributed by atoms with van der Waals surface area (Å²) in [6.07, 6.45) is -3.91. The number of nitrogens with two attached hydrogens (primary N) is 2. The summed E-state index contributed by atoms with van der Waals surface area (Å²) in [5.41, 5.74) is 8.36. The molecule has 1 aliphatic heterocycles. The van der Waals surface area contributed by atoms with Crippen LogP contribution in [0.15, 0.2) is 34.9 Å². The lowest BCUT2D eigenvalue weighted by molar-refractivity contribution is -0.142. The smallest absolute Gasteiger partial charge is 0.433 e. The van der Waals surface area contributed by atoms with Crippen molar-refractivity contribution < 1.29 is 40.7 Å². The molecule has 1 unspecified atom stereocenters. The fraction of sp³-hybridized carbons (Fsp3) is 0.318. The number of nitrogens with one attached hydrogen (secondary N) is 1. The first-order chi connectivity index (χ1) is 16.4. The number of amides is 2. The Morgan fingerprint density at radius 1 is 1.20 bits per heavy atom. The number of aromatic nitrogens is 1. The molecular weight excluding hydrogens is 479 g/mol. The number of rotatable bonds is 6. The van der Waals surface area contributed by atoms with Crippen LogP contribution in [0.2, 0.25) is 0 Å². The highest BCUT2D eigenvalue weighted by Gasteiger charge is 2.46. The summed E-state index contributed by atoms with van der Waals surface area (Å²) in [5.74, 6) is -8.01. The molecule has 4 rings (SSSR count). The first kappa shape index (κ1) is 24.4. The first-order valence-corrected chi connectivity index (χ1v) is 10.3. The average Bonchev–Trinajstić information content (AvgIpc) is 3.17. The van der Waals surface area contributed by atoms with Gasteiger partial charge in [-0.1, -0.05) is 6.07 Å². The van der Waals surface area contributed by atoms with Gasteiger partial charge in [0.05, 0.1) is 18.0 Å². The third-order valence-electron chi connectivity index (χ3n) is 5.70. The van der Waals surface area contributed by atoms with Gasteiger partial charge >= 0.3 is 6.18 Å². The van der Waals surface area contributed by atoms with Crippen LogP contribution in [-0.4, -0.2) is 35.8 Å². The van der Waals surface area contributed by atoms with Gasteiger partial charge in [0.1, 0.15) is 17.9 Å². The molecule has 1 atom stereocenters. The van der Waals surface area contributed by atoms with Crippen LogP contribution >= 0.6 is 0 Å². The van der Waals surface area contributed by atoms with Gasteiger partial charge in [-0.3, -0.25) is 14.6 Å². The Morgan fingerprint density at radius 2 is 1.94 bits per heavy atom. The average molecular weight is 498 g/mol. The van der Waals surface area contributed by atoms with Crippen LogP contribution in [0.4, 0.5) is 22.0 Å². The molecule has 8 nitrogen and oxygen atoms in total. The maximum Gasteiger partial charge on any atom is 0.433 e. The zero-order chi connectivity index (χ0) is 25.5. The number of hydrogen-bond acceptors (Lipinski definition) is 6. The Balaban J connectivity index is 1.91. The number of carbonyl (C=O) groups is 2. The molecule has 2 amide bonds. The summed E-state index contributed by atoms with van der Waals surface area (Å²) >= 11 is 0. The van der Waals surface area contributed by atoms with E-state index in [1.807, 2.05) is 0 Å². The second-order valence-electron chi connectivity index (χ2n) is 7.96. The van der Waals surface area contributed by atoms with Crippen molar-refractivity contribution in [2.75, 3.05) is 13.1 Å². The van der Waals surface area contributed by atoms with E-state index in [1.165, 1.54) is 18.2 Å². The second kappa shape index (κ2) is 8.80. The van der Waals surface area contributed by atoms with Crippen LogP contribution in [-0.2, 0) is 12.8 Å². The largest absolute Gasteiger partial charge is 0.489 e. The van der Waals surface area contributed by atoms with Crippen molar-refractivity contribution in [1.29, 1.82) is 0 Å². The van der Waals surface area contributed by atoms with Crippen LogP contribution in [0.5, 0.6) is 5.75 Å². The molecule has 0 radical (unpaired) electrons. The molecule has 0 spiro atoms. The van der Waals surface area contributed by atoms with Crippen molar-refractivity contribution in [3.8, 4) is 5.75 Å². The number of fused-ring (bicyclic) bond motifs is 1. The highest BCUT2D eigenvalue weighted by molar-refractivity contribution is 6.14. The zero-order valence-corrected chi connectivity index (χ0v) is 17.9. The molecule has 1 aromatic carbocycles. The van der Waals surface area contributed by atoms with Crippen molar-refractivity contribution in [2.45, 2.75) is 31.0 Å². The summed E-state index contributed by atoms with van der Waals surface area (Å²) in [6.45, 7) is -1.17. The van der Waals surface area contributed by atoms with Crippen LogP contribution in [0.25, 0.3) is 11.0 Å². The highest BCUT2D eigenvalue weighted by Crippen LogP contribution is 2.47. The van der Waals surface area contributed by atoms with Crippen molar-refractivity contribution >= 4 is 22.8 Å². The Hall–Kier alpha value is -3.74. The summed E-state index contributed by atoms with van der Waals surface area (Å²) < 4.78 is 81.1. The van der Waals surface area contributed by atoms with Crippen molar-refractivity contribution in [3.05, 3.63) is 58.6 Å². The SMILES string of the molecule is NC(=O)c1oc2ccc(OCc3cccnc3C(F)(F)F)c(C3CCNCC3(F)F)c2c1C(N)=O. The van der Waals surface area contributed by atoms with Crippen LogP contribution in [0.1, 0.15) is 50.1 Å². The zero-order valence-electron chi connectivity index (χ0n) is 17.9. The predicted octanol–water partition coefficient (Wildman–Crippen LogP) is 3.34. The molecule has 1 aliphatic rings. The Bertz CT molecular complexity index is 1300. The van der Waals surface area contributed by atoms with E-state index in [4.69, 9.17) is 20.6 Å². The number of furan rings is 1. The minimum atomic E-state index is -4.77. The number of primary amides is 2. The van der Waals surface area contributed by atoms with Gasteiger partial charge in [0, 0.05) is 22.7 Å². The molecule has 0 aliphatic carbocycles. The van der Waals surface area contributed by atoms with E-state index in [9.17, 15) is 22.8 Å². The van der Waals surface area contributed by atoms with Crippen molar-refractivity contribution in [1.82, 2.24) is 10.3 Å². The molecule has 1 saturated heterocycles. The van der Waals surface area contributed by atoms with Gasteiger partial charge < -0.3 is 25.9 Å². The summed E-state index contributed by atoms with van der Waals surface area (Å²) in [5, 5.41) is 2.38. The minimum Gasteiger partial charge on any atom is -0.489 e. The van der Waals surface area contributed by atoms with E-state index < -0.39 is 60.0 Å². The van der Waals surface area contributed by atoms with E-state index in [0.29, 0.717) is 0 Å². The number of pyridine rings is 1. The van der Waals surface area contributed by atoms with E-state index in [1.54, 1.807) is 0 Å². The third kappa shape index (κ3) is 4.50. The monoisotopic (exact) mass is 498 g/mol. The quantitative estimate of drug-likeness (QED) is 0.447. The van der Waals surface area contributed by atoms with E-state index in [2.05, 4.69) is 10.3 Å². The van der Waals surface area contributed by atoms with Crippen molar-refractivity contribution in [3.63, 3.8) is 0 Å². The number of piperidine rings is 1. The van der Waals surface area contributed by atoms with E-state index in [0.717, 1.165) is 12.3 Å². The van der Waals surface area contributed by atoms with Gasteiger partial charge in [-0.25, -0.2) is 8.78 Å². The summed E-state index contributed by atoms with van der Waals surface area (Å²) in [4.78, 5) is 27.4. The predicted molar refractivity (Wildman–Crippen MR) is 112 cm³/mol. The van der Waals surface area contributed by atoms with Gasteiger partial charge in [0.25, 0.3) is 17.7 Å². The molecule has 0 saturated carbocycles. The maximum absolute atomic E-state index is 15.0. The summed E-state index contributed by atoms with van der Waals surface area (Å²) in [6, 6.07) is 4.88.